The Morgan fingerprint density at radius 1 is 1.33 bits per heavy atom. The number of esters is 1. The number of aromatic amines is 1. The molecule has 0 radical (unpaired) electrons. The van der Waals surface area contributed by atoms with Crippen molar-refractivity contribution in [1.82, 2.24) is 14.6 Å². The Bertz CT molecular complexity index is 1370. The second kappa shape index (κ2) is 12.9. The van der Waals surface area contributed by atoms with Crippen molar-refractivity contribution in [2.24, 2.45) is 5.11 Å². The number of hydrogen-bond acceptors (Lipinski definition) is 11. The molecule has 15 nitrogen and oxygen atoms in total. The lowest BCUT2D eigenvalue weighted by molar-refractivity contribution is -0.244. The second-order valence-corrected chi connectivity index (χ2v) is 11.8. The number of azide groups is 1. The Morgan fingerprint density at radius 3 is 2.62 bits per heavy atom. The lowest BCUT2D eigenvalue weighted by Gasteiger charge is -2.34. The maximum atomic E-state index is 12.5. The molecule has 39 heavy (non-hydrogen) atoms. The Labute approximate surface area is 227 Å². The van der Waals surface area contributed by atoms with Crippen molar-refractivity contribution < 1.29 is 33.2 Å². The molecule has 3 rings (SSSR count). The topological polar surface area (TPSA) is 199 Å². The van der Waals surface area contributed by atoms with Gasteiger partial charge in [-0.1, -0.05) is 23.3 Å². The number of benzene rings is 1. The number of aromatic nitrogens is 2. The lowest BCUT2D eigenvalue weighted by Crippen LogP contribution is -2.48. The normalized spacial score (nSPS) is 24.9. The zero-order chi connectivity index (χ0) is 28.8. The van der Waals surface area contributed by atoms with E-state index in [1.54, 1.807) is 44.2 Å². The maximum absolute atomic E-state index is 12.5. The molecular formula is C22H29N6O9PS. The molecule has 0 bridgehead atoms. The summed E-state index contributed by atoms with van der Waals surface area (Å²) in [4.78, 5) is 41.2. The van der Waals surface area contributed by atoms with Gasteiger partial charge in [0.2, 0.25) is 5.79 Å². The summed E-state index contributed by atoms with van der Waals surface area (Å²) in [5, 5.41) is 17.4. The number of nitrogens with one attached hydrogen (secondary N) is 2. The van der Waals surface area contributed by atoms with Gasteiger partial charge in [0.1, 0.15) is 30.5 Å². The minimum absolute atomic E-state index is 0.334. The van der Waals surface area contributed by atoms with Gasteiger partial charge in [-0.3, -0.25) is 19.1 Å². The molecule has 1 fully saturated rings. The average molecular weight is 585 g/mol. The molecule has 2 unspecified atom stereocenters. The summed E-state index contributed by atoms with van der Waals surface area (Å²) in [6.45, 7) is 0.762. The highest BCUT2D eigenvalue weighted by atomic mass is 32.5. The van der Waals surface area contributed by atoms with E-state index < -0.39 is 60.7 Å². The van der Waals surface area contributed by atoms with Gasteiger partial charge in [-0.15, -0.1) is 0 Å². The van der Waals surface area contributed by atoms with Crippen LogP contribution in [0.3, 0.4) is 0 Å². The van der Waals surface area contributed by atoms with Crippen molar-refractivity contribution >= 4 is 24.4 Å². The summed E-state index contributed by atoms with van der Waals surface area (Å²) in [5.41, 5.74) is 7.63. The number of ether oxygens (including phenoxy) is 3. The number of para-hydroxylation sites is 1. The van der Waals surface area contributed by atoms with Gasteiger partial charge in [-0.2, -0.15) is 0 Å². The average Bonchev–Trinajstić information content (AvgIpc) is 3.15. The van der Waals surface area contributed by atoms with Gasteiger partial charge in [-0.25, -0.2) is 9.88 Å². The molecule has 0 spiro atoms. The van der Waals surface area contributed by atoms with Gasteiger partial charge in [0.05, 0.1) is 6.10 Å². The van der Waals surface area contributed by atoms with Gasteiger partial charge in [0.15, 0.2) is 6.23 Å². The molecule has 1 aliphatic rings. The molecule has 3 N–H and O–H groups in total. The Kier molecular flexibility index (Phi) is 10.0. The fraction of sp³-hybridized carbons (Fsp3) is 0.500. The van der Waals surface area contributed by atoms with Crippen LogP contribution in [0.1, 0.15) is 27.0 Å². The zero-order valence-corrected chi connectivity index (χ0v) is 23.2. The quantitative estimate of drug-likeness (QED) is 0.108. The minimum Gasteiger partial charge on any atom is -0.462 e. The number of H-pyrrole nitrogens is 1. The van der Waals surface area contributed by atoms with Crippen LogP contribution < -0.4 is 20.9 Å². The molecular weight excluding hydrogens is 555 g/mol. The fourth-order valence-electron chi connectivity index (χ4n) is 3.68. The molecule has 1 saturated heterocycles. The van der Waals surface area contributed by atoms with Crippen LogP contribution in [-0.4, -0.2) is 64.4 Å². The van der Waals surface area contributed by atoms with E-state index in [9.17, 15) is 25.0 Å². The van der Waals surface area contributed by atoms with Crippen molar-refractivity contribution in [3.8, 4) is 5.75 Å². The summed E-state index contributed by atoms with van der Waals surface area (Å²) < 4.78 is 29.5. The predicted octanol–water partition coefficient (Wildman–Crippen LogP) is 1.70. The molecule has 2 aromatic rings. The number of rotatable bonds is 12. The first kappa shape index (κ1) is 30.5. The van der Waals surface area contributed by atoms with E-state index in [-0.39, 0.29) is 6.10 Å². The SMILES string of the molecule is CO[C@]1(COP(=S)(N[C@H](C)C(=O)OC(C)C)Oc2ccccc2)O[C@@H](n2ccc(=O)[nH]c2=O)[C@H](O)C1N=[N+]=[N-]. The number of hydrogen-bond donors (Lipinski definition) is 3. The van der Waals surface area contributed by atoms with Crippen molar-refractivity contribution in [1.29, 1.82) is 0 Å². The van der Waals surface area contributed by atoms with E-state index in [1.165, 1.54) is 14.0 Å². The predicted molar refractivity (Wildman–Crippen MR) is 141 cm³/mol. The molecule has 1 aliphatic heterocycles. The Balaban J connectivity index is 1.94. The molecule has 0 aliphatic carbocycles. The molecule has 17 heteroatoms. The highest BCUT2D eigenvalue weighted by molar-refractivity contribution is 8.09. The smallest absolute Gasteiger partial charge is 0.330 e. The number of aliphatic hydroxyl groups is 1. The van der Waals surface area contributed by atoms with Crippen LogP contribution in [0, 0.1) is 0 Å². The Hall–Kier alpha value is -3.07. The van der Waals surface area contributed by atoms with Crippen LogP contribution in [0.25, 0.3) is 10.4 Å². The van der Waals surface area contributed by atoms with Gasteiger partial charge in [0, 0.05) is 24.3 Å². The standard InChI is InChI=1S/C22H29N6O9PS/c1-13(2)35-20(31)14(3)26-38(39,37-15-8-6-5-7-9-15)34-12-22(33-4)18(25-27-23)17(30)19(36-22)28-11-10-16(29)24-21(28)32/h5-11,13-14,17-19,30H,12H2,1-4H3,(H,26,39)(H,24,29,32)/t14-,17-,18?,19-,22-,38?/m1/s1. The fourth-order valence-corrected chi connectivity index (χ4v) is 6.08. The van der Waals surface area contributed by atoms with Crippen LogP contribution >= 0.6 is 6.64 Å². The van der Waals surface area contributed by atoms with E-state index in [0.29, 0.717) is 5.75 Å². The van der Waals surface area contributed by atoms with Gasteiger partial charge in [0.25, 0.3) is 5.56 Å². The third-order valence-corrected chi connectivity index (χ3v) is 7.97. The van der Waals surface area contributed by atoms with Gasteiger partial charge < -0.3 is 28.4 Å². The molecule has 6 atom stereocenters. The maximum Gasteiger partial charge on any atom is 0.330 e. The monoisotopic (exact) mass is 584 g/mol. The molecule has 2 heterocycles. The number of carbonyl (C=O) groups excluding carboxylic acids is 1. The lowest BCUT2D eigenvalue weighted by atomic mass is 10.1. The third-order valence-electron chi connectivity index (χ3n) is 5.50. The van der Waals surface area contributed by atoms with Crippen LogP contribution in [0.5, 0.6) is 5.75 Å². The Morgan fingerprint density at radius 2 is 2.03 bits per heavy atom. The molecule has 1 aromatic carbocycles. The summed E-state index contributed by atoms with van der Waals surface area (Å²) in [6.07, 6.45) is -2.30. The summed E-state index contributed by atoms with van der Waals surface area (Å²) in [6, 6.07) is 7.13. The van der Waals surface area contributed by atoms with E-state index >= 15 is 0 Å². The molecule has 0 amide bonds. The number of methoxy groups -OCH3 is 1. The first-order chi connectivity index (χ1) is 18.4. The minimum atomic E-state index is -3.59. The highest BCUT2D eigenvalue weighted by Crippen LogP contribution is 2.48. The summed E-state index contributed by atoms with van der Waals surface area (Å²) in [7, 11) is 1.21. The van der Waals surface area contributed by atoms with Crippen LogP contribution in [0.2, 0.25) is 0 Å². The van der Waals surface area contributed by atoms with E-state index in [1.807, 2.05) is 0 Å². The number of nitrogens with zero attached hydrogens (tertiary/aromatic N) is 4. The number of aliphatic hydroxyl groups excluding tert-OH is 1. The van der Waals surface area contributed by atoms with Crippen LogP contribution in [0.4, 0.5) is 0 Å². The molecule has 212 valence electrons. The second-order valence-electron chi connectivity index (χ2n) is 8.69. The number of carbonyl (C=O) groups is 1. The summed E-state index contributed by atoms with van der Waals surface area (Å²) in [5.74, 6) is -2.22. The van der Waals surface area contributed by atoms with Crippen molar-refractivity contribution in [2.45, 2.75) is 57.1 Å². The van der Waals surface area contributed by atoms with Crippen molar-refractivity contribution in [3.63, 3.8) is 0 Å². The van der Waals surface area contributed by atoms with Crippen LogP contribution in [-0.2, 0) is 35.3 Å². The van der Waals surface area contributed by atoms with E-state index in [2.05, 4.69) is 20.1 Å². The van der Waals surface area contributed by atoms with E-state index in [0.717, 1.165) is 16.8 Å². The van der Waals surface area contributed by atoms with E-state index in [4.69, 9.17) is 35.1 Å². The summed E-state index contributed by atoms with van der Waals surface area (Å²) >= 11 is 5.69. The molecule has 1 aromatic heterocycles. The third kappa shape index (κ3) is 7.32. The highest BCUT2D eigenvalue weighted by Gasteiger charge is 2.57. The van der Waals surface area contributed by atoms with Crippen LogP contribution in [0.15, 0.2) is 57.3 Å². The largest absolute Gasteiger partial charge is 0.462 e. The van der Waals surface area contributed by atoms with Crippen molar-refractivity contribution in [2.75, 3.05) is 13.7 Å². The zero-order valence-electron chi connectivity index (χ0n) is 21.5. The van der Waals surface area contributed by atoms with Gasteiger partial charge in [-0.05, 0) is 50.2 Å². The first-order valence-electron chi connectivity index (χ1n) is 11.7. The van der Waals surface area contributed by atoms with Crippen molar-refractivity contribution in [3.05, 3.63) is 73.9 Å². The first-order valence-corrected chi connectivity index (χ1v) is 14.3. The molecule has 0 saturated carbocycles. The van der Waals surface area contributed by atoms with Gasteiger partial charge >= 0.3 is 18.3 Å².